The summed E-state index contributed by atoms with van der Waals surface area (Å²) >= 11 is 0.300. The van der Waals surface area contributed by atoms with E-state index in [0.717, 1.165) is 0 Å². The Balaban J connectivity index is 4.04. The van der Waals surface area contributed by atoms with Crippen LogP contribution in [0.25, 0.3) is 0 Å². The van der Waals surface area contributed by atoms with Crippen molar-refractivity contribution >= 4 is 22.6 Å². The van der Waals surface area contributed by atoms with Gasteiger partial charge in [-0.1, -0.05) is 0 Å². The van der Waals surface area contributed by atoms with Gasteiger partial charge in [-0.25, -0.2) is 8.78 Å². The highest BCUT2D eigenvalue weighted by molar-refractivity contribution is 14.1. The Kier molecular flexibility index (Phi) is 4.45. The van der Waals surface area contributed by atoms with Gasteiger partial charge in [0.15, 0.2) is 11.6 Å². The van der Waals surface area contributed by atoms with Crippen LogP contribution in [0.5, 0.6) is 0 Å². The van der Waals surface area contributed by atoms with Gasteiger partial charge in [-0.05, 0) is 22.6 Å². The first-order valence-electron chi connectivity index (χ1n) is 4.52. The van der Waals surface area contributed by atoms with Gasteiger partial charge in [0.1, 0.15) is 16.7 Å². The molecule has 21 heavy (non-hydrogen) atoms. The van der Waals surface area contributed by atoms with E-state index >= 15 is 0 Å². The van der Waals surface area contributed by atoms with Crippen LogP contribution in [0.15, 0.2) is 0 Å². The van der Waals surface area contributed by atoms with E-state index in [0.29, 0.717) is 22.6 Å². The van der Waals surface area contributed by atoms with Crippen LogP contribution in [0.3, 0.4) is 0 Å². The van der Waals surface area contributed by atoms with Crippen molar-refractivity contribution in [2.45, 2.75) is 18.5 Å². The molecule has 0 fully saturated rings. The van der Waals surface area contributed by atoms with Crippen molar-refractivity contribution < 1.29 is 48.3 Å². The Morgan fingerprint density at radius 1 is 0.524 bits per heavy atom. The Morgan fingerprint density at radius 3 is 0.952 bits per heavy atom. The molecule has 0 N–H and O–H groups in total. The van der Waals surface area contributed by atoms with Crippen LogP contribution < -0.4 is 0 Å². The lowest BCUT2D eigenvalue weighted by Gasteiger charge is -2.20. The van der Waals surface area contributed by atoms with E-state index in [9.17, 15) is 48.3 Å². The fourth-order valence-corrected chi connectivity index (χ4v) is 2.50. The predicted molar refractivity (Wildman–Crippen MR) is 54.1 cm³/mol. The minimum atomic E-state index is -6.07. The third kappa shape index (κ3) is 3.34. The summed E-state index contributed by atoms with van der Waals surface area (Å²) in [5.41, 5.74) is -8.86. The molecule has 0 bridgehead atoms. The summed E-state index contributed by atoms with van der Waals surface area (Å²) in [6.07, 6.45) is -17.8. The van der Waals surface area contributed by atoms with Crippen LogP contribution in [-0.2, 0) is 18.5 Å². The van der Waals surface area contributed by atoms with Gasteiger partial charge in [0.05, 0.1) is 0 Å². The summed E-state index contributed by atoms with van der Waals surface area (Å²) in [7, 11) is 0. The van der Waals surface area contributed by atoms with Crippen LogP contribution >= 0.6 is 22.6 Å². The Hall–Kier alpha value is -0.820. The van der Waals surface area contributed by atoms with Gasteiger partial charge in [-0.3, -0.25) is 0 Å². The molecule has 0 saturated carbocycles. The molecule has 0 spiro atoms. The van der Waals surface area contributed by atoms with Crippen molar-refractivity contribution in [1.82, 2.24) is 0 Å². The SMILES string of the molecule is Fc1c(C(F)(F)F)c(F)c(C(F)(F)F)c(I)c1C(F)(F)F. The Morgan fingerprint density at radius 2 is 0.762 bits per heavy atom. The molecule has 0 radical (unpaired) electrons. The quantitative estimate of drug-likeness (QED) is 0.360. The van der Waals surface area contributed by atoms with E-state index in [2.05, 4.69) is 0 Å². The highest BCUT2D eigenvalue weighted by atomic mass is 127. The van der Waals surface area contributed by atoms with Gasteiger partial charge >= 0.3 is 18.5 Å². The van der Waals surface area contributed by atoms with E-state index in [1.807, 2.05) is 0 Å². The number of hydrogen-bond acceptors (Lipinski definition) is 0. The van der Waals surface area contributed by atoms with Gasteiger partial charge in [0.25, 0.3) is 0 Å². The first-order valence-corrected chi connectivity index (χ1v) is 5.60. The molecule has 1 aromatic carbocycles. The first kappa shape index (κ1) is 18.2. The summed E-state index contributed by atoms with van der Waals surface area (Å²) in [5.74, 6) is -6.27. The van der Waals surface area contributed by atoms with Crippen molar-refractivity contribution in [3.05, 3.63) is 31.9 Å². The fourth-order valence-electron chi connectivity index (χ4n) is 1.41. The van der Waals surface area contributed by atoms with Crippen LogP contribution in [-0.4, -0.2) is 0 Å². The highest BCUT2D eigenvalue weighted by Crippen LogP contribution is 2.47. The molecule has 12 heteroatoms. The normalized spacial score (nSPS) is 13.7. The maximum atomic E-state index is 13.3. The maximum absolute atomic E-state index is 13.3. The standard InChI is InChI=1S/C9F11I/c10-4-1(7(12,13)14)5(11)3(9(18,19)20)6(21)2(4)8(15,16)17. The lowest BCUT2D eigenvalue weighted by atomic mass is 10.0. The van der Waals surface area contributed by atoms with Crippen LogP contribution in [0.2, 0.25) is 0 Å². The van der Waals surface area contributed by atoms with Gasteiger partial charge in [0, 0.05) is 3.57 Å². The molecule has 0 aliphatic rings. The summed E-state index contributed by atoms with van der Waals surface area (Å²) in [5, 5.41) is 0. The largest absolute Gasteiger partial charge is 0.422 e. The van der Waals surface area contributed by atoms with E-state index in [4.69, 9.17) is 0 Å². The zero-order valence-electron chi connectivity index (χ0n) is 9.04. The number of halogens is 12. The van der Waals surface area contributed by atoms with Crippen molar-refractivity contribution in [2.24, 2.45) is 0 Å². The Bertz CT molecular complexity index is 461. The molecule has 0 aromatic heterocycles. The number of rotatable bonds is 0. The van der Waals surface area contributed by atoms with Crippen LogP contribution in [0.4, 0.5) is 48.3 Å². The number of alkyl halides is 9. The lowest BCUT2D eigenvalue weighted by molar-refractivity contribution is -0.156. The second kappa shape index (κ2) is 5.12. The highest BCUT2D eigenvalue weighted by Gasteiger charge is 2.51. The summed E-state index contributed by atoms with van der Waals surface area (Å²) < 4.78 is 137. The molecule has 0 aliphatic carbocycles. The minimum Gasteiger partial charge on any atom is -0.206 e. The summed E-state index contributed by atoms with van der Waals surface area (Å²) in [6.45, 7) is 0. The van der Waals surface area contributed by atoms with Gasteiger partial charge in [-0.2, -0.15) is 39.5 Å². The third-order valence-electron chi connectivity index (χ3n) is 2.17. The van der Waals surface area contributed by atoms with Crippen molar-refractivity contribution in [3.63, 3.8) is 0 Å². The van der Waals surface area contributed by atoms with E-state index in [-0.39, 0.29) is 0 Å². The molecular formula is C9F11I. The number of benzene rings is 1. The third-order valence-corrected chi connectivity index (χ3v) is 3.25. The average Bonchev–Trinajstić information content (AvgIpc) is 2.07. The molecule has 0 atom stereocenters. The molecule has 0 heterocycles. The maximum Gasteiger partial charge on any atom is 0.422 e. The molecule has 0 nitrogen and oxygen atoms in total. The smallest absolute Gasteiger partial charge is 0.206 e. The molecule has 0 aliphatic heterocycles. The molecule has 1 aromatic rings. The van der Waals surface area contributed by atoms with Crippen molar-refractivity contribution in [2.75, 3.05) is 0 Å². The molecule has 1 rings (SSSR count). The molecule has 0 saturated heterocycles. The van der Waals surface area contributed by atoms with Gasteiger partial charge < -0.3 is 0 Å². The zero-order chi connectivity index (χ0) is 17.0. The Labute approximate surface area is 122 Å². The van der Waals surface area contributed by atoms with Crippen LogP contribution in [0.1, 0.15) is 16.7 Å². The van der Waals surface area contributed by atoms with E-state index in [1.165, 1.54) is 0 Å². The molecule has 0 unspecified atom stereocenters. The van der Waals surface area contributed by atoms with Crippen molar-refractivity contribution in [3.8, 4) is 0 Å². The van der Waals surface area contributed by atoms with Gasteiger partial charge in [0.2, 0.25) is 0 Å². The predicted octanol–water partition coefficient (Wildman–Crippen LogP) is 5.63. The topological polar surface area (TPSA) is 0 Å². The molecule has 120 valence electrons. The number of hydrogen-bond donors (Lipinski definition) is 0. The van der Waals surface area contributed by atoms with E-state index in [1.54, 1.807) is 0 Å². The second-order valence-electron chi connectivity index (χ2n) is 3.56. The van der Waals surface area contributed by atoms with Gasteiger partial charge in [-0.15, -0.1) is 0 Å². The zero-order valence-corrected chi connectivity index (χ0v) is 11.2. The average molecular weight is 444 g/mol. The minimum absolute atomic E-state index is 0.300. The molecular weight excluding hydrogens is 444 g/mol. The van der Waals surface area contributed by atoms with E-state index < -0.39 is 50.4 Å². The molecule has 0 amide bonds. The lowest BCUT2D eigenvalue weighted by Crippen LogP contribution is -2.25. The fraction of sp³-hybridized carbons (Fsp3) is 0.333. The van der Waals surface area contributed by atoms with Crippen LogP contribution in [0, 0.1) is 15.2 Å². The summed E-state index contributed by atoms with van der Waals surface area (Å²) in [4.78, 5) is 0. The van der Waals surface area contributed by atoms with Crippen molar-refractivity contribution in [1.29, 1.82) is 0 Å². The monoisotopic (exact) mass is 444 g/mol. The first-order chi connectivity index (χ1) is 9.10. The summed E-state index contributed by atoms with van der Waals surface area (Å²) in [6, 6.07) is 0. The second-order valence-corrected chi connectivity index (χ2v) is 4.64.